The number of ether oxygens (including phenoxy) is 1. The van der Waals surface area contributed by atoms with E-state index in [-0.39, 0.29) is 11.1 Å². The molecule has 1 nitrogen and oxygen atoms in total. The third-order valence-electron chi connectivity index (χ3n) is 2.68. The van der Waals surface area contributed by atoms with Gasteiger partial charge in [0.1, 0.15) is 5.75 Å². The van der Waals surface area contributed by atoms with Gasteiger partial charge in [-0.1, -0.05) is 29.8 Å². The van der Waals surface area contributed by atoms with Crippen molar-refractivity contribution in [2.45, 2.75) is 12.5 Å². The van der Waals surface area contributed by atoms with Crippen molar-refractivity contribution in [3.8, 4) is 16.9 Å². The number of alkyl halides is 6. The van der Waals surface area contributed by atoms with Crippen LogP contribution in [-0.4, -0.2) is 6.36 Å². The minimum atomic E-state index is -4.85. The van der Waals surface area contributed by atoms with Gasteiger partial charge in [0.25, 0.3) is 0 Å². The van der Waals surface area contributed by atoms with Crippen LogP contribution in [0.1, 0.15) is 5.56 Å². The molecule has 0 aliphatic rings. The van der Waals surface area contributed by atoms with E-state index >= 15 is 0 Å². The third kappa shape index (κ3) is 4.07. The molecule has 0 aliphatic carbocycles. The zero-order valence-electron chi connectivity index (χ0n) is 10.6. The fourth-order valence-corrected chi connectivity index (χ4v) is 2.09. The normalized spacial score (nSPS) is 12.3. The summed E-state index contributed by atoms with van der Waals surface area (Å²) in [7, 11) is 0. The smallest absolute Gasteiger partial charge is 0.406 e. The van der Waals surface area contributed by atoms with Gasteiger partial charge in [-0.3, -0.25) is 0 Å². The Bertz CT molecular complexity index is 678. The van der Waals surface area contributed by atoms with Crippen LogP contribution in [0.5, 0.6) is 5.75 Å². The van der Waals surface area contributed by atoms with Crippen LogP contribution < -0.4 is 4.74 Å². The first kappa shape index (κ1) is 16.5. The molecule has 0 spiro atoms. The standard InChI is InChI=1S/C14H7ClF6O/c15-12-7-9(4-5-11(12)13(16,17)18)8-2-1-3-10(6-8)22-14(19,20)21/h1-7H. The Morgan fingerprint density at radius 1 is 0.818 bits per heavy atom. The molecule has 0 aliphatic heterocycles. The highest BCUT2D eigenvalue weighted by atomic mass is 35.5. The summed E-state index contributed by atoms with van der Waals surface area (Å²) in [5.41, 5.74) is -0.524. The van der Waals surface area contributed by atoms with Crippen molar-refractivity contribution >= 4 is 11.6 Å². The van der Waals surface area contributed by atoms with Gasteiger partial charge in [-0.25, -0.2) is 0 Å². The van der Waals surface area contributed by atoms with Crippen molar-refractivity contribution in [1.29, 1.82) is 0 Å². The molecule has 2 aromatic rings. The second kappa shape index (κ2) is 5.72. The lowest BCUT2D eigenvalue weighted by Gasteiger charge is -2.12. The van der Waals surface area contributed by atoms with Gasteiger partial charge in [0.15, 0.2) is 0 Å². The van der Waals surface area contributed by atoms with E-state index in [2.05, 4.69) is 4.74 Å². The summed E-state index contributed by atoms with van der Waals surface area (Å²) in [4.78, 5) is 0. The summed E-state index contributed by atoms with van der Waals surface area (Å²) in [5.74, 6) is -0.471. The molecule has 0 radical (unpaired) electrons. The van der Waals surface area contributed by atoms with Crippen molar-refractivity contribution in [2.24, 2.45) is 0 Å². The van der Waals surface area contributed by atoms with Crippen LogP contribution in [0.25, 0.3) is 11.1 Å². The topological polar surface area (TPSA) is 9.23 Å². The number of hydrogen-bond donors (Lipinski definition) is 0. The number of benzene rings is 2. The molecule has 0 amide bonds. The molecule has 0 saturated heterocycles. The second-order valence-corrected chi connectivity index (χ2v) is 4.68. The van der Waals surface area contributed by atoms with Gasteiger partial charge in [0.2, 0.25) is 0 Å². The van der Waals surface area contributed by atoms with E-state index in [1.807, 2.05) is 0 Å². The average molecular weight is 341 g/mol. The summed E-state index contributed by atoms with van der Waals surface area (Å²) in [6.45, 7) is 0. The quantitative estimate of drug-likeness (QED) is 0.616. The monoisotopic (exact) mass is 340 g/mol. The van der Waals surface area contributed by atoms with Gasteiger partial charge in [0, 0.05) is 0 Å². The maximum atomic E-state index is 12.6. The maximum Gasteiger partial charge on any atom is 0.573 e. The van der Waals surface area contributed by atoms with Crippen molar-refractivity contribution in [2.75, 3.05) is 0 Å². The van der Waals surface area contributed by atoms with E-state index in [4.69, 9.17) is 11.6 Å². The van der Waals surface area contributed by atoms with Crippen molar-refractivity contribution in [3.05, 3.63) is 53.1 Å². The largest absolute Gasteiger partial charge is 0.573 e. The van der Waals surface area contributed by atoms with Gasteiger partial charge < -0.3 is 4.74 Å². The predicted molar refractivity (Wildman–Crippen MR) is 68.6 cm³/mol. The second-order valence-electron chi connectivity index (χ2n) is 4.27. The van der Waals surface area contributed by atoms with Gasteiger partial charge >= 0.3 is 12.5 Å². The SMILES string of the molecule is FC(F)(F)Oc1cccc(-c2ccc(C(F)(F)F)c(Cl)c2)c1. The van der Waals surface area contributed by atoms with E-state index in [9.17, 15) is 26.3 Å². The Balaban J connectivity index is 2.37. The Morgan fingerprint density at radius 2 is 1.45 bits per heavy atom. The molecule has 0 saturated carbocycles. The zero-order chi connectivity index (χ0) is 16.5. The first-order valence-electron chi connectivity index (χ1n) is 5.79. The van der Waals surface area contributed by atoms with Crippen molar-refractivity contribution < 1.29 is 31.1 Å². The van der Waals surface area contributed by atoms with E-state index in [1.54, 1.807) is 0 Å². The summed E-state index contributed by atoms with van der Waals surface area (Å²) in [6, 6.07) is 7.81. The van der Waals surface area contributed by atoms with Gasteiger partial charge in [0.05, 0.1) is 10.6 Å². The Kier molecular flexibility index (Phi) is 4.28. The van der Waals surface area contributed by atoms with E-state index in [1.165, 1.54) is 12.1 Å². The molecule has 0 fully saturated rings. The Hall–Kier alpha value is -1.89. The van der Waals surface area contributed by atoms with E-state index in [0.29, 0.717) is 0 Å². The van der Waals surface area contributed by atoms with Crippen LogP contribution in [0.4, 0.5) is 26.3 Å². The van der Waals surface area contributed by atoms with Crippen molar-refractivity contribution in [3.63, 3.8) is 0 Å². The minimum absolute atomic E-state index is 0.241. The Morgan fingerprint density at radius 3 is 2.00 bits per heavy atom. The summed E-state index contributed by atoms with van der Waals surface area (Å²) in [5, 5.41) is -0.535. The predicted octanol–water partition coefficient (Wildman–Crippen LogP) is 5.92. The molecule has 2 rings (SSSR count). The highest BCUT2D eigenvalue weighted by molar-refractivity contribution is 6.31. The van der Waals surface area contributed by atoms with Gasteiger partial charge in [-0.2, -0.15) is 13.2 Å². The minimum Gasteiger partial charge on any atom is -0.406 e. The molecule has 22 heavy (non-hydrogen) atoms. The van der Waals surface area contributed by atoms with Crippen molar-refractivity contribution in [1.82, 2.24) is 0 Å². The summed E-state index contributed by atoms with van der Waals surface area (Å²) < 4.78 is 78.0. The zero-order valence-corrected chi connectivity index (χ0v) is 11.4. The first-order chi connectivity index (χ1) is 10.1. The molecular weight excluding hydrogens is 334 g/mol. The molecule has 2 aromatic carbocycles. The van der Waals surface area contributed by atoms with E-state index in [0.717, 1.165) is 30.3 Å². The highest BCUT2D eigenvalue weighted by Crippen LogP contribution is 2.37. The molecule has 8 heteroatoms. The number of rotatable bonds is 2. The summed E-state index contributed by atoms with van der Waals surface area (Å²) in [6.07, 6.45) is -9.45. The maximum absolute atomic E-state index is 12.6. The number of hydrogen-bond acceptors (Lipinski definition) is 1. The molecular formula is C14H7ClF6O. The van der Waals surface area contributed by atoms with Crippen LogP contribution in [-0.2, 0) is 6.18 Å². The molecule has 118 valence electrons. The molecule has 0 heterocycles. The highest BCUT2D eigenvalue weighted by Gasteiger charge is 2.33. The molecule has 0 N–H and O–H groups in total. The van der Waals surface area contributed by atoms with Crippen LogP contribution >= 0.6 is 11.6 Å². The van der Waals surface area contributed by atoms with Crippen LogP contribution in [0.2, 0.25) is 5.02 Å². The van der Waals surface area contributed by atoms with E-state index < -0.39 is 28.9 Å². The molecule has 0 bridgehead atoms. The third-order valence-corrected chi connectivity index (χ3v) is 2.99. The fourth-order valence-electron chi connectivity index (χ4n) is 1.80. The molecule has 0 atom stereocenters. The van der Waals surface area contributed by atoms with Crippen LogP contribution in [0.3, 0.4) is 0 Å². The lowest BCUT2D eigenvalue weighted by atomic mass is 10.0. The first-order valence-corrected chi connectivity index (χ1v) is 6.17. The number of halogens is 7. The fraction of sp³-hybridized carbons (Fsp3) is 0.143. The van der Waals surface area contributed by atoms with Crippen LogP contribution in [0.15, 0.2) is 42.5 Å². The van der Waals surface area contributed by atoms with Gasteiger partial charge in [-0.15, -0.1) is 13.2 Å². The van der Waals surface area contributed by atoms with Crippen LogP contribution in [0, 0.1) is 0 Å². The lowest BCUT2D eigenvalue weighted by Crippen LogP contribution is -2.17. The molecule has 0 aromatic heterocycles. The lowest BCUT2D eigenvalue weighted by molar-refractivity contribution is -0.274. The average Bonchev–Trinajstić information content (AvgIpc) is 2.35. The molecule has 0 unspecified atom stereocenters. The summed E-state index contributed by atoms with van der Waals surface area (Å²) >= 11 is 5.58. The van der Waals surface area contributed by atoms with Gasteiger partial charge in [-0.05, 0) is 35.4 Å². The Labute approximate surface area is 126 Å².